The highest BCUT2D eigenvalue weighted by molar-refractivity contribution is 6.00. The molecule has 2 N–H and O–H groups in total. The average Bonchev–Trinajstić information content (AvgIpc) is 2.93. The van der Waals surface area contributed by atoms with E-state index in [1.807, 2.05) is 0 Å². The molecular weight excluding hydrogens is 296 g/mol. The first-order chi connectivity index (χ1) is 11.0. The van der Waals surface area contributed by atoms with Crippen LogP contribution in [-0.2, 0) is 6.54 Å². The third kappa shape index (κ3) is 4.64. The summed E-state index contributed by atoms with van der Waals surface area (Å²) in [6.07, 6.45) is 3.41. The Labute approximate surface area is 135 Å². The first kappa shape index (κ1) is 16.7. The van der Waals surface area contributed by atoms with Gasteiger partial charge in [0, 0.05) is 18.8 Å². The van der Waals surface area contributed by atoms with Crippen molar-refractivity contribution in [2.45, 2.75) is 20.4 Å². The van der Waals surface area contributed by atoms with Crippen LogP contribution in [0.5, 0.6) is 11.5 Å². The van der Waals surface area contributed by atoms with Gasteiger partial charge < -0.3 is 20.1 Å². The predicted molar refractivity (Wildman–Crippen MR) is 89.3 cm³/mol. The van der Waals surface area contributed by atoms with Gasteiger partial charge in [0.1, 0.15) is 11.5 Å². The van der Waals surface area contributed by atoms with Gasteiger partial charge in [-0.25, -0.2) is 4.79 Å². The molecule has 1 aromatic heterocycles. The Kier molecular flexibility index (Phi) is 5.46. The van der Waals surface area contributed by atoms with Gasteiger partial charge in [0.25, 0.3) is 0 Å². The molecule has 0 fully saturated rings. The Balaban J connectivity index is 2.00. The summed E-state index contributed by atoms with van der Waals surface area (Å²) in [5.41, 5.74) is 1.19. The molecular formula is C16H22N4O3. The number of anilines is 2. The molecule has 23 heavy (non-hydrogen) atoms. The van der Waals surface area contributed by atoms with E-state index in [1.54, 1.807) is 42.4 Å². The number of carbonyl (C=O) groups is 1. The van der Waals surface area contributed by atoms with Crippen LogP contribution in [0.2, 0.25) is 0 Å². The van der Waals surface area contributed by atoms with Gasteiger partial charge in [-0.05, 0) is 18.1 Å². The van der Waals surface area contributed by atoms with Gasteiger partial charge in [0.2, 0.25) is 0 Å². The molecule has 2 rings (SSSR count). The summed E-state index contributed by atoms with van der Waals surface area (Å²) in [5.74, 6) is 1.66. The Morgan fingerprint density at radius 1 is 1.26 bits per heavy atom. The maximum Gasteiger partial charge on any atom is 0.323 e. The molecule has 1 heterocycles. The van der Waals surface area contributed by atoms with Gasteiger partial charge >= 0.3 is 6.03 Å². The summed E-state index contributed by atoms with van der Waals surface area (Å²) in [6.45, 7) is 5.02. The summed E-state index contributed by atoms with van der Waals surface area (Å²) >= 11 is 0. The third-order valence-electron chi connectivity index (χ3n) is 3.10. The second-order valence-electron chi connectivity index (χ2n) is 5.49. The summed E-state index contributed by atoms with van der Waals surface area (Å²) in [7, 11) is 3.11. The molecule has 0 aliphatic heterocycles. The fourth-order valence-corrected chi connectivity index (χ4v) is 2.09. The molecule has 2 amide bonds. The number of nitrogens with zero attached hydrogens (tertiary/aromatic N) is 2. The number of hydrogen-bond donors (Lipinski definition) is 2. The smallest absolute Gasteiger partial charge is 0.323 e. The molecule has 0 spiro atoms. The zero-order valence-electron chi connectivity index (χ0n) is 13.8. The minimum atomic E-state index is -0.363. The zero-order valence-corrected chi connectivity index (χ0v) is 13.8. The summed E-state index contributed by atoms with van der Waals surface area (Å²) in [5, 5.41) is 9.69. The molecule has 0 aliphatic carbocycles. The van der Waals surface area contributed by atoms with Crippen molar-refractivity contribution in [3.8, 4) is 11.5 Å². The summed E-state index contributed by atoms with van der Waals surface area (Å²) < 4.78 is 12.2. The van der Waals surface area contributed by atoms with E-state index in [-0.39, 0.29) is 6.03 Å². The first-order valence-electron chi connectivity index (χ1n) is 7.34. The lowest BCUT2D eigenvalue weighted by Gasteiger charge is -2.11. The van der Waals surface area contributed by atoms with Crippen LogP contribution < -0.4 is 20.1 Å². The van der Waals surface area contributed by atoms with E-state index in [2.05, 4.69) is 29.6 Å². The Morgan fingerprint density at radius 3 is 2.70 bits per heavy atom. The largest absolute Gasteiger partial charge is 0.497 e. The van der Waals surface area contributed by atoms with Crippen LogP contribution in [0, 0.1) is 5.92 Å². The van der Waals surface area contributed by atoms with Crippen molar-refractivity contribution in [3.63, 3.8) is 0 Å². The minimum Gasteiger partial charge on any atom is -0.497 e. The molecule has 7 heteroatoms. The molecule has 0 aliphatic rings. The van der Waals surface area contributed by atoms with Crippen molar-refractivity contribution in [2.75, 3.05) is 24.9 Å². The van der Waals surface area contributed by atoms with Gasteiger partial charge in [-0.1, -0.05) is 13.8 Å². The number of carbonyl (C=O) groups excluding carboxylic acids is 1. The first-order valence-corrected chi connectivity index (χ1v) is 7.34. The van der Waals surface area contributed by atoms with E-state index >= 15 is 0 Å². The standard InChI is InChI=1S/C16H22N4O3/c1-11(2)9-20-10-12(8-17-20)18-16(21)19-14-6-5-13(22-3)7-15(14)23-4/h5-8,10-11H,9H2,1-4H3,(H2,18,19,21). The highest BCUT2D eigenvalue weighted by Gasteiger charge is 2.10. The molecule has 0 saturated carbocycles. The number of ether oxygens (including phenoxy) is 2. The van der Waals surface area contributed by atoms with Crippen LogP contribution in [0.1, 0.15) is 13.8 Å². The summed E-state index contributed by atoms with van der Waals surface area (Å²) in [4.78, 5) is 12.1. The SMILES string of the molecule is COc1ccc(NC(=O)Nc2cnn(CC(C)C)c2)c(OC)c1. The minimum absolute atomic E-state index is 0.363. The number of aromatic nitrogens is 2. The van der Waals surface area contributed by atoms with E-state index in [0.717, 1.165) is 6.54 Å². The van der Waals surface area contributed by atoms with Crippen molar-refractivity contribution in [1.29, 1.82) is 0 Å². The van der Waals surface area contributed by atoms with Crippen LogP contribution in [0.25, 0.3) is 0 Å². The molecule has 0 atom stereocenters. The topological polar surface area (TPSA) is 77.4 Å². The van der Waals surface area contributed by atoms with Crippen molar-refractivity contribution in [3.05, 3.63) is 30.6 Å². The van der Waals surface area contributed by atoms with Crippen LogP contribution in [-0.4, -0.2) is 30.0 Å². The quantitative estimate of drug-likeness (QED) is 0.857. The maximum absolute atomic E-state index is 12.1. The van der Waals surface area contributed by atoms with Crippen molar-refractivity contribution in [2.24, 2.45) is 5.92 Å². The Bertz CT molecular complexity index is 667. The Morgan fingerprint density at radius 2 is 2.04 bits per heavy atom. The van der Waals surface area contributed by atoms with Gasteiger partial charge in [-0.3, -0.25) is 4.68 Å². The highest BCUT2D eigenvalue weighted by Crippen LogP contribution is 2.29. The highest BCUT2D eigenvalue weighted by atomic mass is 16.5. The molecule has 0 saturated heterocycles. The predicted octanol–water partition coefficient (Wildman–Crippen LogP) is 3.20. The number of benzene rings is 1. The normalized spacial score (nSPS) is 10.5. The lowest BCUT2D eigenvalue weighted by atomic mass is 10.2. The van der Waals surface area contributed by atoms with E-state index in [0.29, 0.717) is 28.8 Å². The van der Waals surface area contributed by atoms with Gasteiger partial charge in [-0.15, -0.1) is 0 Å². The monoisotopic (exact) mass is 318 g/mol. The molecule has 0 radical (unpaired) electrons. The van der Waals surface area contributed by atoms with Crippen LogP contribution in [0.3, 0.4) is 0 Å². The average molecular weight is 318 g/mol. The van der Waals surface area contributed by atoms with Crippen molar-refractivity contribution < 1.29 is 14.3 Å². The van der Waals surface area contributed by atoms with E-state index < -0.39 is 0 Å². The van der Waals surface area contributed by atoms with E-state index in [1.165, 1.54) is 7.11 Å². The molecule has 124 valence electrons. The lowest BCUT2D eigenvalue weighted by Crippen LogP contribution is -2.19. The molecule has 0 unspecified atom stereocenters. The molecule has 0 bridgehead atoms. The third-order valence-corrected chi connectivity index (χ3v) is 3.10. The number of hydrogen-bond acceptors (Lipinski definition) is 4. The second kappa shape index (κ2) is 7.53. The second-order valence-corrected chi connectivity index (χ2v) is 5.49. The van der Waals surface area contributed by atoms with Crippen LogP contribution >= 0.6 is 0 Å². The van der Waals surface area contributed by atoms with E-state index in [4.69, 9.17) is 9.47 Å². The fourth-order valence-electron chi connectivity index (χ4n) is 2.09. The van der Waals surface area contributed by atoms with Crippen molar-refractivity contribution >= 4 is 17.4 Å². The maximum atomic E-state index is 12.1. The molecule has 2 aromatic rings. The summed E-state index contributed by atoms with van der Waals surface area (Å²) in [6, 6.07) is 4.81. The zero-order chi connectivity index (χ0) is 16.8. The number of nitrogens with one attached hydrogen (secondary N) is 2. The number of amides is 2. The van der Waals surface area contributed by atoms with Crippen LogP contribution in [0.15, 0.2) is 30.6 Å². The number of rotatable bonds is 6. The van der Waals surface area contributed by atoms with Gasteiger partial charge in [0.15, 0.2) is 0 Å². The Hall–Kier alpha value is -2.70. The molecule has 1 aromatic carbocycles. The molecule has 7 nitrogen and oxygen atoms in total. The van der Waals surface area contributed by atoms with Crippen molar-refractivity contribution in [1.82, 2.24) is 9.78 Å². The van der Waals surface area contributed by atoms with Crippen LogP contribution in [0.4, 0.5) is 16.2 Å². The fraction of sp³-hybridized carbons (Fsp3) is 0.375. The number of urea groups is 1. The van der Waals surface area contributed by atoms with E-state index in [9.17, 15) is 4.79 Å². The lowest BCUT2D eigenvalue weighted by molar-refractivity contribution is 0.262. The number of methoxy groups -OCH3 is 2. The van der Waals surface area contributed by atoms with Gasteiger partial charge in [0.05, 0.1) is 31.8 Å². The van der Waals surface area contributed by atoms with Gasteiger partial charge in [-0.2, -0.15) is 5.10 Å².